The topological polar surface area (TPSA) is 86.7 Å². The number of nitrogens with zero attached hydrogens (tertiary/aromatic N) is 1. The van der Waals surface area contributed by atoms with E-state index in [9.17, 15) is 19.5 Å². The molecule has 1 fully saturated rings. The molecule has 0 bridgehead atoms. The summed E-state index contributed by atoms with van der Waals surface area (Å²) in [6.07, 6.45) is 1.45. The van der Waals surface area contributed by atoms with Gasteiger partial charge >= 0.3 is 5.97 Å². The van der Waals surface area contributed by atoms with Crippen LogP contribution in [0.25, 0.3) is 0 Å². The van der Waals surface area contributed by atoms with Crippen LogP contribution in [0.1, 0.15) is 50.2 Å². The summed E-state index contributed by atoms with van der Waals surface area (Å²) in [5.74, 6) is -1.60. The molecule has 2 amide bonds. The lowest BCUT2D eigenvalue weighted by molar-refractivity contribution is -0.121. The Morgan fingerprint density at radius 3 is 2.38 bits per heavy atom. The third-order valence-corrected chi connectivity index (χ3v) is 5.44. The maximum Gasteiger partial charge on any atom is 0.336 e. The van der Waals surface area contributed by atoms with Crippen LogP contribution in [0.2, 0.25) is 0 Å². The Morgan fingerprint density at radius 2 is 1.72 bits per heavy atom. The molecule has 29 heavy (non-hydrogen) atoms. The zero-order valence-electron chi connectivity index (χ0n) is 17.0. The Balaban J connectivity index is 1.71. The van der Waals surface area contributed by atoms with Gasteiger partial charge in [0.1, 0.15) is 0 Å². The number of carbonyl (C=O) groups excluding carboxylic acids is 2. The maximum absolute atomic E-state index is 12.8. The predicted molar refractivity (Wildman–Crippen MR) is 111 cm³/mol. The number of anilines is 1. The van der Waals surface area contributed by atoms with E-state index in [1.54, 1.807) is 17.9 Å². The first-order valence-corrected chi connectivity index (χ1v) is 9.77. The Labute approximate surface area is 170 Å². The summed E-state index contributed by atoms with van der Waals surface area (Å²) < 4.78 is 0. The van der Waals surface area contributed by atoms with Gasteiger partial charge in [0, 0.05) is 24.3 Å². The predicted octanol–water partition coefficient (Wildman–Crippen LogP) is 3.80. The van der Waals surface area contributed by atoms with Crippen molar-refractivity contribution in [2.24, 2.45) is 5.92 Å². The van der Waals surface area contributed by atoms with Gasteiger partial charge in [-0.1, -0.05) is 23.8 Å². The summed E-state index contributed by atoms with van der Waals surface area (Å²) in [4.78, 5) is 38.7. The largest absolute Gasteiger partial charge is 0.478 e. The van der Waals surface area contributed by atoms with Crippen LogP contribution in [0.15, 0.2) is 36.4 Å². The van der Waals surface area contributed by atoms with Crippen LogP contribution in [0, 0.1) is 26.7 Å². The first-order valence-electron chi connectivity index (χ1n) is 9.77. The average Bonchev–Trinajstić information content (AvgIpc) is 2.69. The second-order valence-corrected chi connectivity index (χ2v) is 7.73. The second-order valence-electron chi connectivity index (χ2n) is 7.73. The quantitative estimate of drug-likeness (QED) is 0.826. The Morgan fingerprint density at radius 1 is 1.03 bits per heavy atom. The van der Waals surface area contributed by atoms with E-state index >= 15 is 0 Å². The zero-order valence-corrected chi connectivity index (χ0v) is 17.0. The average molecular weight is 394 g/mol. The van der Waals surface area contributed by atoms with E-state index in [4.69, 9.17) is 0 Å². The van der Waals surface area contributed by atoms with E-state index in [0.717, 1.165) is 17.5 Å². The maximum atomic E-state index is 12.8. The third kappa shape index (κ3) is 4.65. The minimum atomic E-state index is -1.02. The molecule has 0 saturated carbocycles. The summed E-state index contributed by atoms with van der Waals surface area (Å²) in [6.45, 7) is 6.52. The molecule has 0 radical (unpaired) electrons. The molecule has 1 heterocycles. The Kier molecular flexibility index (Phi) is 6.01. The number of aromatic carboxylic acids is 1. The van der Waals surface area contributed by atoms with Crippen molar-refractivity contribution in [3.8, 4) is 0 Å². The van der Waals surface area contributed by atoms with Crippen LogP contribution in [0.5, 0.6) is 0 Å². The number of carbonyl (C=O) groups is 3. The summed E-state index contributed by atoms with van der Waals surface area (Å²) in [5, 5.41) is 12.2. The molecular weight excluding hydrogens is 368 g/mol. The first kappa shape index (κ1) is 20.6. The highest BCUT2D eigenvalue weighted by Crippen LogP contribution is 2.24. The molecule has 6 nitrogen and oxygen atoms in total. The molecule has 1 atom stereocenters. The van der Waals surface area contributed by atoms with Crippen molar-refractivity contribution < 1.29 is 19.5 Å². The number of aryl methyl sites for hydroxylation is 3. The van der Waals surface area contributed by atoms with E-state index in [1.807, 2.05) is 38.1 Å². The molecule has 0 aliphatic carbocycles. The van der Waals surface area contributed by atoms with E-state index in [1.165, 1.54) is 6.07 Å². The van der Waals surface area contributed by atoms with E-state index in [-0.39, 0.29) is 23.3 Å². The van der Waals surface area contributed by atoms with Crippen molar-refractivity contribution in [3.05, 3.63) is 64.2 Å². The van der Waals surface area contributed by atoms with Gasteiger partial charge in [0.15, 0.2) is 0 Å². The molecule has 152 valence electrons. The van der Waals surface area contributed by atoms with Crippen molar-refractivity contribution >= 4 is 23.5 Å². The van der Waals surface area contributed by atoms with Gasteiger partial charge in [-0.3, -0.25) is 9.59 Å². The number of piperidine rings is 1. The molecule has 1 aliphatic heterocycles. The number of rotatable bonds is 4. The first-order chi connectivity index (χ1) is 13.8. The van der Waals surface area contributed by atoms with Crippen molar-refractivity contribution in [1.82, 2.24) is 4.90 Å². The molecule has 2 aromatic carbocycles. The van der Waals surface area contributed by atoms with Crippen LogP contribution < -0.4 is 5.32 Å². The van der Waals surface area contributed by atoms with Gasteiger partial charge in [-0.15, -0.1) is 0 Å². The highest BCUT2D eigenvalue weighted by atomic mass is 16.4. The normalized spacial score (nSPS) is 16.4. The highest BCUT2D eigenvalue weighted by molar-refractivity contribution is 5.98. The molecule has 6 heteroatoms. The van der Waals surface area contributed by atoms with Gasteiger partial charge in [0.05, 0.1) is 11.5 Å². The van der Waals surface area contributed by atoms with Gasteiger partial charge in [-0.25, -0.2) is 4.79 Å². The minimum absolute atomic E-state index is 0.0674. The summed E-state index contributed by atoms with van der Waals surface area (Å²) >= 11 is 0. The summed E-state index contributed by atoms with van der Waals surface area (Å²) in [6, 6.07) is 10.7. The molecule has 1 saturated heterocycles. The molecular formula is C23H26N2O4. The number of amides is 2. The van der Waals surface area contributed by atoms with Crippen molar-refractivity contribution in [3.63, 3.8) is 0 Å². The number of benzene rings is 2. The lowest BCUT2D eigenvalue weighted by atomic mass is 9.95. The molecule has 1 unspecified atom stereocenters. The molecule has 0 aromatic heterocycles. The fourth-order valence-corrected chi connectivity index (χ4v) is 3.71. The standard InChI is InChI=1S/C23H26N2O4/c1-14-6-8-17(9-7-14)22(27)25-10-4-5-18(13-25)21(26)24-20-12-19(23(28)29)15(2)11-16(20)3/h6-9,11-12,18H,4-5,10,13H2,1-3H3,(H,24,26)(H,28,29). The highest BCUT2D eigenvalue weighted by Gasteiger charge is 2.29. The number of nitrogens with one attached hydrogen (secondary N) is 1. The van der Waals surface area contributed by atoms with Crippen LogP contribution in [0.3, 0.4) is 0 Å². The third-order valence-electron chi connectivity index (χ3n) is 5.44. The lowest BCUT2D eigenvalue weighted by Crippen LogP contribution is -2.43. The van der Waals surface area contributed by atoms with Gasteiger partial charge in [0.2, 0.25) is 5.91 Å². The van der Waals surface area contributed by atoms with Crippen molar-refractivity contribution in [1.29, 1.82) is 0 Å². The molecule has 0 spiro atoms. The van der Waals surface area contributed by atoms with E-state index in [2.05, 4.69) is 5.32 Å². The van der Waals surface area contributed by atoms with Crippen molar-refractivity contribution in [2.75, 3.05) is 18.4 Å². The lowest BCUT2D eigenvalue weighted by Gasteiger charge is -2.32. The molecule has 2 aromatic rings. The van der Waals surface area contributed by atoms with Gasteiger partial charge in [-0.2, -0.15) is 0 Å². The number of likely N-dealkylation sites (tertiary alicyclic amines) is 1. The zero-order chi connectivity index (χ0) is 21.1. The monoisotopic (exact) mass is 394 g/mol. The minimum Gasteiger partial charge on any atom is -0.478 e. The molecule has 2 N–H and O–H groups in total. The van der Waals surface area contributed by atoms with Gasteiger partial charge in [-0.05, 0) is 62.9 Å². The van der Waals surface area contributed by atoms with E-state index in [0.29, 0.717) is 36.3 Å². The van der Waals surface area contributed by atoms with Crippen LogP contribution in [-0.4, -0.2) is 40.9 Å². The fourth-order valence-electron chi connectivity index (χ4n) is 3.71. The second kappa shape index (κ2) is 8.47. The molecule has 1 aliphatic rings. The van der Waals surface area contributed by atoms with Crippen LogP contribution in [0.4, 0.5) is 5.69 Å². The number of hydrogen-bond donors (Lipinski definition) is 2. The van der Waals surface area contributed by atoms with Crippen molar-refractivity contribution in [2.45, 2.75) is 33.6 Å². The van der Waals surface area contributed by atoms with Gasteiger partial charge < -0.3 is 15.3 Å². The van der Waals surface area contributed by atoms with Crippen LogP contribution >= 0.6 is 0 Å². The summed E-state index contributed by atoms with van der Waals surface area (Å²) in [7, 11) is 0. The Bertz CT molecular complexity index is 950. The number of carboxylic acid groups (broad SMARTS) is 1. The smallest absolute Gasteiger partial charge is 0.336 e. The fraction of sp³-hybridized carbons (Fsp3) is 0.348. The Hall–Kier alpha value is -3.15. The molecule has 3 rings (SSSR count). The van der Waals surface area contributed by atoms with Gasteiger partial charge in [0.25, 0.3) is 5.91 Å². The number of hydrogen-bond acceptors (Lipinski definition) is 3. The SMILES string of the molecule is Cc1ccc(C(=O)N2CCCC(C(=O)Nc3cc(C(=O)O)c(C)cc3C)C2)cc1. The number of carboxylic acids is 1. The summed E-state index contributed by atoms with van der Waals surface area (Å²) in [5.41, 5.74) is 3.85. The van der Waals surface area contributed by atoms with E-state index < -0.39 is 5.97 Å². The van der Waals surface area contributed by atoms with Crippen LogP contribution in [-0.2, 0) is 4.79 Å².